The Hall–Kier alpha value is -1.32. The zero-order chi connectivity index (χ0) is 9.42. The van der Waals surface area contributed by atoms with Gasteiger partial charge in [0.2, 0.25) is 0 Å². The minimum Gasteiger partial charge on any atom is -0.481 e. The van der Waals surface area contributed by atoms with Crippen LogP contribution < -0.4 is 0 Å². The first kappa shape index (κ1) is 8.29. The summed E-state index contributed by atoms with van der Waals surface area (Å²) in [5, 5.41) is 13.0. The lowest BCUT2D eigenvalue weighted by molar-refractivity contribution is -0.139. The minimum absolute atomic E-state index is 0.335. The molecule has 1 aromatic heterocycles. The van der Waals surface area contributed by atoms with Crippen LogP contribution in [-0.4, -0.2) is 20.9 Å². The predicted molar refractivity (Wildman–Crippen MR) is 46.3 cm³/mol. The van der Waals surface area contributed by atoms with Gasteiger partial charge in [-0.2, -0.15) is 5.10 Å². The number of aromatic nitrogens is 2. The number of aryl methyl sites for hydroxylation is 1. The maximum Gasteiger partial charge on any atom is 0.311 e. The van der Waals surface area contributed by atoms with E-state index >= 15 is 0 Å². The summed E-state index contributed by atoms with van der Waals surface area (Å²) in [6.07, 6.45) is 5.51. The molecule has 0 bridgehead atoms. The molecule has 1 atom stereocenters. The number of aliphatic carboxylic acids is 1. The topological polar surface area (TPSA) is 55.1 Å². The molecule has 1 aliphatic rings. The van der Waals surface area contributed by atoms with Gasteiger partial charge in [0.15, 0.2) is 0 Å². The summed E-state index contributed by atoms with van der Waals surface area (Å²) in [6.45, 7) is 0. The summed E-state index contributed by atoms with van der Waals surface area (Å²) in [5.41, 5.74) is 0.831. The van der Waals surface area contributed by atoms with Crippen molar-refractivity contribution in [2.24, 2.45) is 13.0 Å². The number of rotatable bonds is 3. The summed E-state index contributed by atoms with van der Waals surface area (Å²) in [6, 6.07) is 0. The van der Waals surface area contributed by atoms with E-state index in [1.54, 1.807) is 24.1 Å². The van der Waals surface area contributed by atoms with Crippen molar-refractivity contribution in [2.45, 2.75) is 18.8 Å². The third-order valence-electron chi connectivity index (χ3n) is 2.44. The molecule has 13 heavy (non-hydrogen) atoms. The average Bonchev–Trinajstić information content (AvgIpc) is 2.76. The molecule has 2 rings (SSSR count). The van der Waals surface area contributed by atoms with Gasteiger partial charge in [0.25, 0.3) is 0 Å². The molecule has 1 unspecified atom stereocenters. The molecule has 1 N–H and O–H groups in total. The first-order valence-electron chi connectivity index (χ1n) is 4.40. The van der Waals surface area contributed by atoms with Gasteiger partial charge < -0.3 is 5.11 Å². The Morgan fingerprint density at radius 3 is 2.85 bits per heavy atom. The number of hydrogen-bond acceptors (Lipinski definition) is 2. The van der Waals surface area contributed by atoms with E-state index < -0.39 is 5.97 Å². The fraction of sp³-hybridized carbons (Fsp3) is 0.556. The molecule has 0 aromatic carbocycles. The van der Waals surface area contributed by atoms with Gasteiger partial charge in [0.1, 0.15) is 0 Å². The number of carboxylic acids is 1. The zero-order valence-electron chi connectivity index (χ0n) is 7.47. The van der Waals surface area contributed by atoms with E-state index in [1.165, 1.54) is 0 Å². The maximum absolute atomic E-state index is 11.0. The van der Waals surface area contributed by atoms with E-state index in [-0.39, 0.29) is 5.92 Å². The second-order valence-corrected chi connectivity index (χ2v) is 3.60. The minimum atomic E-state index is -0.726. The molecule has 0 radical (unpaired) electrons. The molecule has 4 heteroatoms. The fourth-order valence-corrected chi connectivity index (χ4v) is 1.65. The average molecular weight is 180 g/mol. The lowest BCUT2D eigenvalue weighted by Gasteiger charge is -2.07. The van der Waals surface area contributed by atoms with E-state index in [0.717, 1.165) is 18.4 Å². The number of nitrogens with zero attached hydrogens (tertiary/aromatic N) is 2. The smallest absolute Gasteiger partial charge is 0.311 e. The Balaban J connectivity index is 2.24. The van der Waals surface area contributed by atoms with E-state index in [0.29, 0.717) is 5.92 Å². The third-order valence-corrected chi connectivity index (χ3v) is 2.44. The van der Waals surface area contributed by atoms with Gasteiger partial charge in [-0.1, -0.05) is 0 Å². The fourth-order valence-electron chi connectivity index (χ4n) is 1.65. The van der Waals surface area contributed by atoms with Crippen molar-refractivity contribution < 1.29 is 9.90 Å². The summed E-state index contributed by atoms with van der Waals surface area (Å²) in [5.74, 6) is -0.731. The van der Waals surface area contributed by atoms with Gasteiger partial charge in [0.05, 0.1) is 12.1 Å². The van der Waals surface area contributed by atoms with Crippen molar-refractivity contribution in [3.8, 4) is 0 Å². The monoisotopic (exact) mass is 180 g/mol. The molecule has 1 aromatic rings. The SMILES string of the molecule is Cn1cc(C(C(=O)O)C2CC2)cn1. The second-order valence-electron chi connectivity index (χ2n) is 3.60. The highest BCUT2D eigenvalue weighted by Gasteiger charge is 2.37. The van der Waals surface area contributed by atoms with Crippen LogP contribution in [0.3, 0.4) is 0 Å². The maximum atomic E-state index is 11.0. The molecule has 1 saturated carbocycles. The molecule has 1 fully saturated rings. The Labute approximate surface area is 76.2 Å². The second kappa shape index (κ2) is 2.87. The largest absolute Gasteiger partial charge is 0.481 e. The van der Waals surface area contributed by atoms with Crippen molar-refractivity contribution >= 4 is 5.97 Å². The van der Waals surface area contributed by atoms with Crippen molar-refractivity contribution in [1.82, 2.24) is 9.78 Å². The normalized spacial score (nSPS) is 18.5. The highest BCUT2D eigenvalue weighted by Crippen LogP contribution is 2.42. The van der Waals surface area contributed by atoms with E-state index in [9.17, 15) is 4.79 Å². The molecular formula is C9H12N2O2. The Morgan fingerprint density at radius 1 is 1.77 bits per heavy atom. The van der Waals surface area contributed by atoms with Gasteiger partial charge in [-0.15, -0.1) is 0 Å². The summed E-state index contributed by atoms with van der Waals surface area (Å²) >= 11 is 0. The number of carbonyl (C=O) groups is 1. The molecule has 70 valence electrons. The van der Waals surface area contributed by atoms with E-state index in [4.69, 9.17) is 5.11 Å². The molecule has 0 saturated heterocycles. The highest BCUT2D eigenvalue weighted by molar-refractivity contribution is 5.76. The van der Waals surface area contributed by atoms with Gasteiger partial charge in [-0.3, -0.25) is 9.48 Å². The van der Waals surface area contributed by atoms with Crippen molar-refractivity contribution in [2.75, 3.05) is 0 Å². The molecular weight excluding hydrogens is 168 g/mol. The van der Waals surface area contributed by atoms with E-state index in [1.807, 2.05) is 0 Å². The summed E-state index contributed by atoms with van der Waals surface area (Å²) in [7, 11) is 1.80. The van der Waals surface area contributed by atoms with Crippen LogP contribution in [0, 0.1) is 5.92 Å². The molecule has 1 aliphatic carbocycles. The van der Waals surface area contributed by atoms with Crippen LogP contribution in [0.15, 0.2) is 12.4 Å². The van der Waals surface area contributed by atoms with Gasteiger partial charge in [-0.05, 0) is 18.8 Å². The van der Waals surface area contributed by atoms with Crippen LogP contribution in [0.5, 0.6) is 0 Å². The first-order chi connectivity index (χ1) is 6.18. The third kappa shape index (κ3) is 1.56. The van der Waals surface area contributed by atoms with Gasteiger partial charge >= 0.3 is 5.97 Å². The predicted octanol–water partition coefficient (Wildman–Crippen LogP) is 0.998. The quantitative estimate of drug-likeness (QED) is 0.754. The molecule has 1 heterocycles. The van der Waals surface area contributed by atoms with Crippen molar-refractivity contribution in [3.63, 3.8) is 0 Å². The van der Waals surface area contributed by atoms with Gasteiger partial charge in [-0.25, -0.2) is 0 Å². The molecule has 0 amide bonds. The lowest BCUT2D eigenvalue weighted by atomic mass is 9.98. The number of hydrogen-bond donors (Lipinski definition) is 1. The number of carboxylic acid groups (broad SMARTS) is 1. The molecule has 0 spiro atoms. The van der Waals surface area contributed by atoms with Crippen molar-refractivity contribution in [1.29, 1.82) is 0 Å². The molecule has 4 nitrogen and oxygen atoms in total. The zero-order valence-corrected chi connectivity index (χ0v) is 7.47. The van der Waals surface area contributed by atoms with Crippen molar-refractivity contribution in [3.05, 3.63) is 18.0 Å². The van der Waals surface area contributed by atoms with E-state index in [2.05, 4.69) is 5.10 Å². The van der Waals surface area contributed by atoms with Crippen LogP contribution in [0.1, 0.15) is 24.3 Å². The van der Waals surface area contributed by atoms with Crippen LogP contribution in [0.2, 0.25) is 0 Å². The van der Waals surface area contributed by atoms with Crippen LogP contribution in [0.4, 0.5) is 0 Å². The lowest BCUT2D eigenvalue weighted by Crippen LogP contribution is -2.12. The first-order valence-corrected chi connectivity index (χ1v) is 4.40. The van der Waals surface area contributed by atoms with Gasteiger partial charge in [0, 0.05) is 18.8 Å². The van der Waals surface area contributed by atoms with Crippen LogP contribution in [-0.2, 0) is 11.8 Å². The Bertz CT molecular complexity index is 328. The van der Waals surface area contributed by atoms with Crippen LogP contribution >= 0.6 is 0 Å². The summed E-state index contributed by atoms with van der Waals surface area (Å²) < 4.78 is 1.65. The standard InChI is InChI=1S/C9H12N2O2/c1-11-5-7(4-10-11)8(9(12)13)6-2-3-6/h4-6,8H,2-3H2,1H3,(H,12,13). The highest BCUT2D eigenvalue weighted by atomic mass is 16.4. The summed E-state index contributed by atoms with van der Waals surface area (Å²) in [4.78, 5) is 11.0. The molecule has 0 aliphatic heterocycles. The Morgan fingerprint density at radius 2 is 2.46 bits per heavy atom. The van der Waals surface area contributed by atoms with Crippen LogP contribution in [0.25, 0.3) is 0 Å². The Kier molecular flexibility index (Phi) is 1.83.